The predicted molar refractivity (Wildman–Crippen MR) is 108 cm³/mol. The van der Waals surface area contributed by atoms with Crippen LogP contribution in [0.15, 0.2) is 60.7 Å². The molecular weight excluding hydrogens is 372 g/mol. The third kappa shape index (κ3) is 7.65. The Kier molecular flexibility index (Phi) is 8.69. The number of esters is 1. The number of hydrogen-bond donors (Lipinski definition) is 2. The predicted octanol–water partition coefficient (Wildman–Crippen LogP) is 2.94. The molecule has 0 saturated heterocycles. The van der Waals surface area contributed by atoms with Gasteiger partial charge in [0.2, 0.25) is 5.91 Å². The van der Waals surface area contributed by atoms with E-state index in [0.29, 0.717) is 6.42 Å². The third-order valence-electron chi connectivity index (χ3n) is 4.17. The van der Waals surface area contributed by atoms with Gasteiger partial charge in [0.25, 0.3) is 0 Å². The molecule has 0 unspecified atom stereocenters. The Morgan fingerprint density at radius 1 is 0.828 bits per heavy atom. The number of amides is 2. The summed E-state index contributed by atoms with van der Waals surface area (Å²) in [5.41, 5.74) is 1.70. The number of hydrogen-bond acceptors (Lipinski definition) is 5. The minimum Gasteiger partial charge on any atom is -0.459 e. The first-order valence-electron chi connectivity index (χ1n) is 9.47. The first-order chi connectivity index (χ1) is 14.0. The zero-order valence-electron chi connectivity index (χ0n) is 16.6. The third-order valence-corrected chi connectivity index (χ3v) is 4.17. The minimum atomic E-state index is -0.866. The van der Waals surface area contributed by atoms with Gasteiger partial charge in [0, 0.05) is 0 Å². The maximum atomic E-state index is 12.3. The quantitative estimate of drug-likeness (QED) is 0.634. The molecule has 154 valence electrons. The van der Waals surface area contributed by atoms with E-state index in [9.17, 15) is 14.4 Å². The number of nitrogens with one attached hydrogen (secondary N) is 2. The number of rotatable bonds is 9. The zero-order chi connectivity index (χ0) is 21.1. The summed E-state index contributed by atoms with van der Waals surface area (Å²) in [7, 11) is 0. The van der Waals surface area contributed by atoms with Crippen molar-refractivity contribution in [2.24, 2.45) is 0 Å². The second kappa shape index (κ2) is 11.5. The van der Waals surface area contributed by atoms with E-state index >= 15 is 0 Å². The first-order valence-corrected chi connectivity index (χ1v) is 9.47. The highest BCUT2D eigenvalue weighted by Gasteiger charge is 2.24. The van der Waals surface area contributed by atoms with Crippen molar-refractivity contribution in [2.75, 3.05) is 0 Å². The van der Waals surface area contributed by atoms with Crippen molar-refractivity contribution in [3.8, 4) is 0 Å². The molecule has 0 spiro atoms. The molecule has 0 fully saturated rings. The molecule has 0 aliphatic carbocycles. The molecule has 2 rings (SSSR count). The number of alkyl carbamates (subject to hydrolysis) is 1. The van der Waals surface area contributed by atoms with E-state index in [2.05, 4.69) is 10.6 Å². The van der Waals surface area contributed by atoms with E-state index in [1.165, 1.54) is 6.92 Å². The summed E-state index contributed by atoms with van der Waals surface area (Å²) in [5.74, 6) is -1.02. The lowest BCUT2D eigenvalue weighted by atomic mass is 10.2. The maximum Gasteiger partial charge on any atom is 0.408 e. The van der Waals surface area contributed by atoms with Crippen LogP contribution >= 0.6 is 0 Å². The van der Waals surface area contributed by atoms with E-state index in [-0.39, 0.29) is 13.2 Å². The molecule has 2 N–H and O–H groups in total. The van der Waals surface area contributed by atoms with Crippen LogP contribution in [0.2, 0.25) is 0 Å². The van der Waals surface area contributed by atoms with Crippen molar-refractivity contribution < 1.29 is 23.9 Å². The van der Waals surface area contributed by atoms with Crippen molar-refractivity contribution >= 4 is 18.0 Å². The lowest BCUT2D eigenvalue weighted by molar-refractivity contribution is -0.149. The Morgan fingerprint density at radius 3 is 1.86 bits per heavy atom. The summed E-state index contributed by atoms with van der Waals surface area (Å²) in [6.07, 6.45) is -0.346. The fourth-order valence-corrected chi connectivity index (χ4v) is 2.46. The highest BCUT2D eigenvalue weighted by Crippen LogP contribution is 2.04. The number of ether oxygens (including phenoxy) is 2. The van der Waals surface area contributed by atoms with Gasteiger partial charge in [-0.2, -0.15) is 0 Å². The van der Waals surface area contributed by atoms with Gasteiger partial charge in [-0.05, 0) is 24.5 Å². The van der Waals surface area contributed by atoms with Gasteiger partial charge in [-0.25, -0.2) is 9.59 Å². The van der Waals surface area contributed by atoms with Crippen LogP contribution < -0.4 is 10.6 Å². The van der Waals surface area contributed by atoms with Crippen LogP contribution in [-0.4, -0.2) is 30.1 Å². The normalized spacial score (nSPS) is 12.3. The van der Waals surface area contributed by atoms with E-state index in [0.717, 1.165) is 11.1 Å². The van der Waals surface area contributed by atoms with Gasteiger partial charge in [-0.15, -0.1) is 0 Å². The second-order valence-corrected chi connectivity index (χ2v) is 6.49. The Balaban J connectivity index is 1.76. The average molecular weight is 398 g/mol. The molecule has 7 nitrogen and oxygen atoms in total. The van der Waals surface area contributed by atoms with Gasteiger partial charge < -0.3 is 20.1 Å². The number of benzene rings is 2. The maximum absolute atomic E-state index is 12.3. The topological polar surface area (TPSA) is 93.7 Å². The minimum absolute atomic E-state index is 0.102. The summed E-state index contributed by atoms with van der Waals surface area (Å²) in [5, 5.41) is 5.05. The summed E-state index contributed by atoms with van der Waals surface area (Å²) in [6, 6.07) is 16.8. The largest absolute Gasteiger partial charge is 0.459 e. The molecule has 0 aromatic heterocycles. The first kappa shape index (κ1) is 21.9. The highest BCUT2D eigenvalue weighted by atomic mass is 16.5. The van der Waals surface area contributed by atoms with Gasteiger partial charge in [0.15, 0.2) is 0 Å². The molecule has 2 aromatic carbocycles. The fourth-order valence-electron chi connectivity index (χ4n) is 2.46. The standard InChI is InChI=1S/C22H26N2O5/c1-3-19(21(26)28-14-17-10-6-4-7-11-17)24-20(25)16(2)23-22(27)29-15-18-12-8-5-9-13-18/h4-13,16,19H,3,14-15H2,1-2H3,(H,23,27)(H,24,25)/t16-,19-/m0/s1. The Hall–Kier alpha value is -3.35. The van der Waals surface area contributed by atoms with Gasteiger partial charge in [-0.1, -0.05) is 67.6 Å². The highest BCUT2D eigenvalue weighted by molar-refractivity contribution is 5.89. The van der Waals surface area contributed by atoms with Crippen molar-refractivity contribution in [2.45, 2.75) is 45.6 Å². The van der Waals surface area contributed by atoms with Crippen LogP contribution in [0.3, 0.4) is 0 Å². The summed E-state index contributed by atoms with van der Waals surface area (Å²) in [6.45, 7) is 3.51. The lowest BCUT2D eigenvalue weighted by Crippen LogP contribution is -2.50. The van der Waals surface area contributed by atoms with Crippen LogP contribution in [0.4, 0.5) is 4.79 Å². The molecule has 0 radical (unpaired) electrons. The van der Waals surface area contributed by atoms with Crippen LogP contribution in [0.1, 0.15) is 31.4 Å². The second-order valence-electron chi connectivity index (χ2n) is 6.49. The molecule has 0 saturated carbocycles. The van der Waals surface area contributed by atoms with Crippen molar-refractivity contribution in [3.05, 3.63) is 71.8 Å². The molecule has 7 heteroatoms. The molecule has 0 aliphatic heterocycles. The molecule has 0 heterocycles. The zero-order valence-corrected chi connectivity index (χ0v) is 16.6. The van der Waals surface area contributed by atoms with Gasteiger partial charge in [-0.3, -0.25) is 4.79 Å². The van der Waals surface area contributed by atoms with Crippen molar-refractivity contribution in [1.29, 1.82) is 0 Å². The van der Waals surface area contributed by atoms with E-state index in [4.69, 9.17) is 9.47 Å². The van der Waals surface area contributed by atoms with Crippen molar-refractivity contribution in [3.63, 3.8) is 0 Å². The summed E-state index contributed by atoms with van der Waals surface area (Å²) < 4.78 is 10.4. The number of carbonyl (C=O) groups excluding carboxylic acids is 3. The average Bonchev–Trinajstić information content (AvgIpc) is 2.75. The Bertz CT molecular complexity index is 795. The Labute approximate surface area is 170 Å². The summed E-state index contributed by atoms with van der Waals surface area (Å²) in [4.78, 5) is 36.4. The summed E-state index contributed by atoms with van der Waals surface area (Å²) >= 11 is 0. The molecule has 0 aliphatic rings. The molecule has 2 aromatic rings. The van der Waals surface area contributed by atoms with Crippen LogP contribution in [0.5, 0.6) is 0 Å². The monoisotopic (exact) mass is 398 g/mol. The molecule has 2 amide bonds. The van der Waals surface area contributed by atoms with Crippen LogP contribution in [0.25, 0.3) is 0 Å². The van der Waals surface area contributed by atoms with Crippen LogP contribution in [0, 0.1) is 0 Å². The van der Waals surface area contributed by atoms with Gasteiger partial charge >= 0.3 is 12.1 Å². The van der Waals surface area contributed by atoms with Gasteiger partial charge in [0.05, 0.1) is 0 Å². The molecule has 29 heavy (non-hydrogen) atoms. The smallest absolute Gasteiger partial charge is 0.408 e. The molecule has 2 atom stereocenters. The van der Waals surface area contributed by atoms with E-state index in [1.807, 2.05) is 60.7 Å². The van der Waals surface area contributed by atoms with Crippen molar-refractivity contribution in [1.82, 2.24) is 10.6 Å². The fraction of sp³-hybridized carbons (Fsp3) is 0.318. The molecule has 0 bridgehead atoms. The van der Waals surface area contributed by atoms with E-state index < -0.39 is 30.1 Å². The molecular formula is C22H26N2O5. The SMILES string of the molecule is CC[C@H](NC(=O)[C@H](C)NC(=O)OCc1ccccc1)C(=O)OCc1ccccc1. The van der Waals surface area contributed by atoms with Gasteiger partial charge in [0.1, 0.15) is 25.3 Å². The van der Waals surface area contributed by atoms with E-state index in [1.54, 1.807) is 6.92 Å². The van der Waals surface area contributed by atoms with Crippen LogP contribution in [-0.2, 0) is 32.3 Å². The number of carbonyl (C=O) groups is 3. The Morgan fingerprint density at radius 2 is 1.34 bits per heavy atom. The lowest BCUT2D eigenvalue weighted by Gasteiger charge is -2.19.